The Kier molecular flexibility index (Phi) is 4.77. The minimum Gasteiger partial charge on any atom is -0.461 e. The maximum Gasteiger partial charge on any atom is 0.336 e. The molecule has 2 heterocycles. The third kappa shape index (κ3) is 4.34. The first-order valence-electron chi connectivity index (χ1n) is 6.44. The van der Waals surface area contributed by atoms with Crippen LogP contribution in [-0.2, 0) is 35.2 Å². The number of rotatable bonds is 5. The fourth-order valence-electron chi connectivity index (χ4n) is 1.68. The standard InChI is InChI=1S/C15H14O7/c1-9(16)19-7-11-5-15(18)22-14(11)6-12-3-4-13(21-12)8-20-10(2)17/h3-6H,7-8H2,1-2H3/b14-6-. The zero-order chi connectivity index (χ0) is 16.1. The van der Waals surface area contributed by atoms with Crippen molar-refractivity contribution in [1.29, 1.82) is 0 Å². The molecule has 1 aromatic heterocycles. The van der Waals surface area contributed by atoms with Crippen molar-refractivity contribution in [3.8, 4) is 0 Å². The molecule has 22 heavy (non-hydrogen) atoms. The zero-order valence-corrected chi connectivity index (χ0v) is 12.1. The minimum absolute atomic E-state index is 0.0223. The smallest absolute Gasteiger partial charge is 0.336 e. The molecular formula is C15H14O7. The number of carbonyl (C=O) groups excluding carboxylic acids is 3. The SMILES string of the molecule is CC(=O)OCC1=CC(=O)O/C1=C\c1ccc(COC(C)=O)o1. The normalized spacial score (nSPS) is 15.5. The van der Waals surface area contributed by atoms with E-state index in [1.807, 2.05) is 0 Å². The van der Waals surface area contributed by atoms with Gasteiger partial charge in [0.2, 0.25) is 0 Å². The van der Waals surface area contributed by atoms with E-state index in [-0.39, 0.29) is 19.0 Å². The molecule has 0 aliphatic carbocycles. The van der Waals surface area contributed by atoms with Crippen molar-refractivity contribution in [2.24, 2.45) is 0 Å². The van der Waals surface area contributed by atoms with Crippen molar-refractivity contribution in [2.75, 3.05) is 6.61 Å². The number of esters is 3. The van der Waals surface area contributed by atoms with Crippen LogP contribution in [0.2, 0.25) is 0 Å². The molecule has 0 unspecified atom stereocenters. The summed E-state index contributed by atoms with van der Waals surface area (Å²) in [4.78, 5) is 32.9. The van der Waals surface area contributed by atoms with Gasteiger partial charge in [-0.3, -0.25) is 9.59 Å². The first-order valence-corrected chi connectivity index (χ1v) is 6.44. The molecule has 7 heteroatoms. The zero-order valence-electron chi connectivity index (χ0n) is 12.1. The molecule has 1 aliphatic rings. The summed E-state index contributed by atoms with van der Waals surface area (Å²) < 4.78 is 20.1. The summed E-state index contributed by atoms with van der Waals surface area (Å²) in [5, 5.41) is 0. The van der Waals surface area contributed by atoms with E-state index in [9.17, 15) is 14.4 Å². The number of carbonyl (C=O) groups is 3. The van der Waals surface area contributed by atoms with Gasteiger partial charge >= 0.3 is 17.9 Å². The Morgan fingerprint density at radius 1 is 1.14 bits per heavy atom. The van der Waals surface area contributed by atoms with Gasteiger partial charge in [-0.05, 0) is 12.1 Å². The molecule has 0 atom stereocenters. The van der Waals surface area contributed by atoms with E-state index in [2.05, 4.69) is 0 Å². The van der Waals surface area contributed by atoms with Crippen LogP contribution in [0.15, 0.2) is 34.0 Å². The molecule has 0 bridgehead atoms. The summed E-state index contributed by atoms with van der Waals surface area (Å²) in [7, 11) is 0. The largest absolute Gasteiger partial charge is 0.461 e. The molecule has 0 N–H and O–H groups in total. The molecule has 116 valence electrons. The second-order valence-corrected chi connectivity index (χ2v) is 4.46. The van der Waals surface area contributed by atoms with Crippen LogP contribution in [0.25, 0.3) is 6.08 Å². The molecule has 2 rings (SSSR count). The van der Waals surface area contributed by atoms with E-state index in [4.69, 9.17) is 18.6 Å². The molecule has 0 aromatic carbocycles. The topological polar surface area (TPSA) is 92.0 Å². The predicted molar refractivity (Wildman–Crippen MR) is 73.0 cm³/mol. The lowest BCUT2D eigenvalue weighted by Gasteiger charge is -2.04. The van der Waals surface area contributed by atoms with E-state index in [1.165, 1.54) is 26.0 Å². The van der Waals surface area contributed by atoms with Crippen LogP contribution >= 0.6 is 0 Å². The lowest BCUT2D eigenvalue weighted by atomic mass is 10.2. The Bertz CT molecular complexity index is 663. The summed E-state index contributed by atoms with van der Waals surface area (Å²) in [5.74, 6) is -0.286. The van der Waals surface area contributed by atoms with Crippen LogP contribution in [0.5, 0.6) is 0 Å². The highest BCUT2D eigenvalue weighted by Crippen LogP contribution is 2.24. The second kappa shape index (κ2) is 6.75. The maximum absolute atomic E-state index is 11.3. The molecule has 0 radical (unpaired) electrons. The third-order valence-electron chi connectivity index (χ3n) is 2.62. The lowest BCUT2D eigenvalue weighted by molar-refractivity contribution is -0.143. The van der Waals surface area contributed by atoms with Crippen LogP contribution in [0.3, 0.4) is 0 Å². The average Bonchev–Trinajstić information content (AvgIpc) is 3.01. The Labute approximate surface area is 126 Å². The van der Waals surface area contributed by atoms with Gasteiger partial charge in [0.15, 0.2) is 0 Å². The molecule has 7 nitrogen and oxygen atoms in total. The quantitative estimate of drug-likeness (QED) is 0.604. The summed E-state index contributed by atoms with van der Waals surface area (Å²) in [6.45, 7) is 2.54. The van der Waals surface area contributed by atoms with E-state index < -0.39 is 17.9 Å². The van der Waals surface area contributed by atoms with Crippen LogP contribution in [-0.4, -0.2) is 24.5 Å². The summed E-state index contributed by atoms with van der Waals surface area (Å²) in [6, 6.07) is 3.28. The average molecular weight is 306 g/mol. The van der Waals surface area contributed by atoms with Gasteiger partial charge in [-0.15, -0.1) is 0 Å². The number of hydrogen-bond acceptors (Lipinski definition) is 7. The van der Waals surface area contributed by atoms with Crippen molar-refractivity contribution in [3.05, 3.63) is 41.1 Å². The van der Waals surface area contributed by atoms with Gasteiger partial charge in [-0.1, -0.05) is 0 Å². The highest BCUT2D eigenvalue weighted by Gasteiger charge is 2.21. The molecule has 0 spiro atoms. The monoisotopic (exact) mass is 306 g/mol. The maximum atomic E-state index is 11.3. The highest BCUT2D eigenvalue weighted by molar-refractivity contribution is 5.89. The summed E-state index contributed by atoms with van der Waals surface area (Å²) in [6.07, 6.45) is 2.75. The van der Waals surface area contributed by atoms with Crippen LogP contribution < -0.4 is 0 Å². The first-order chi connectivity index (χ1) is 10.4. The second-order valence-electron chi connectivity index (χ2n) is 4.46. The molecule has 0 saturated heterocycles. The molecular weight excluding hydrogens is 292 g/mol. The lowest BCUT2D eigenvalue weighted by Crippen LogP contribution is -2.03. The van der Waals surface area contributed by atoms with Crippen molar-refractivity contribution in [1.82, 2.24) is 0 Å². The summed E-state index contributed by atoms with van der Waals surface area (Å²) in [5.41, 5.74) is 0.443. The molecule has 0 saturated carbocycles. The van der Waals surface area contributed by atoms with Gasteiger partial charge in [0, 0.05) is 31.6 Å². The molecule has 1 aliphatic heterocycles. The number of cyclic esters (lactones) is 1. The van der Waals surface area contributed by atoms with Crippen molar-refractivity contribution >= 4 is 24.0 Å². The number of hydrogen-bond donors (Lipinski definition) is 0. The number of furan rings is 1. The predicted octanol–water partition coefficient (Wildman–Crippen LogP) is 1.73. The molecule has 0 amide bonds. The Hall–Kier alpha value is -2.83. The van der Waals surface area contributed by atoms with Crippen molar-refractivity contribution in [3.63, 3.8) is 0 Å². The third-order valence-corrected chi connectivity index (χ3v) is 2.62. The van der Waals surface area contributed by atoms with Crippen molar-refractivity contribution < 1.29 is 33.0 Å². The van der Waals surface area contributed by atoms with Crippen LogP contribution in [0.1, 0.15) is 25.4 Å². The number of ether oxygens (including phenoxy) is 3. The van der Waals surface area contributed by atoms with Gasteiger partial charge < -0.3 is 18.6 Å². The van der Waals surface area contributed by atoms with E-state index in [0.29, 0.717) is 17.1 Å². The Morgan fingerprint density at radius 2 is 1.82 bits per heavy atom. The Morgan fingerprint density at radius 3 is 2.50 bits per heavy atom. The van der Waals surface area contributed by atoms with Gasteiger partial charge in [0.05, 0.1) is 0 Å². The van der Waals surface area contributed by atoms with Crippen LogP contribution in [0, 0.1) is 0 Å². The molecule has 1 aromatic rings. The van der Waals surface area contributed by atoms with E-state index >= 15 is 0 Å². The van der Waals surface area contributed by atoms with Gasteiger partial charge in [-0.2, -0.15) is 0 Å². The fraction of sp³-hybridized carbons (Fsp3) is 0.267. The van der Waals surface area contributed by atoms with Crippen molar-refractivity contribution in [2.45, 2.75) is 20.5 Å². The Balaban J connectivity index is 2.07. The molecule has 0 fully saturated rings. The van der Waals surface area contributed by atoms with E-state index in [1.54, 1.807) is 12.1 Å². The van der Waals surface area contributed by atoms with Gasteiger partial charge in [0.1, 0.15) is 30.5 Å². The minimum atomic E-state index is -0.542. The van der Waals surface area contributed by atoms with Gasteiger partial charge in [-0.25, -0.2) is 4.79 Å². The van der Waals surface area contributed by atoms with E-state index in [0.717, 1.165) is 0 Å². The highest BCUT2D eigenvalue weighted by atomic mass is 16.6. The first kappa shape index (κ1) is 15.6. The summed E-state index contributed by atoms with van der Waals surface area (Å²) >= 11 is 0. The van der Waals surface area contributed by atoms with Gasteiger partial charge in [0.25, 0.3) is 0 Å². The fourth-order valence-corrected chi connectivity index (χ4v) is 1.68. The van der Waals surface area contributed by atoms with Crippen LogP contribution in [0.4, 0.5) is 0 Å².